The molecule has 0 saturated carbocycles. The normalized spacial score (nSPS) is 13.6. The summed E-state index contributed by atoms with van der Waals surface area (Å²) < 4.78 is 0. The third-order valence-electron chi connectivity index (χ3n) is 3.36. The molecule has 1 atom stereocenters. The van der Waals surface area contributed by atoms with E-state index in [0.717, 1.165) is 6.42 Å². The first-order chi connectivity index (χ1) is 9.27. The van der Waals surface area contributed by atoms with Gasteiger partial charge in [0, 0.05) is 6.04 Å². The molecule has 0 heterocycles. The Bertz CT molecular complexity index is 216. The van der Waals surface area contributed by atoms with E-state index >= 15 is 0 Å². The topological polar surface area (TPSA) is 26.0 Å². The van der Waals surface area contributed by atoms with Gasteiger partial charge in [-0.15, -0.1) is 0 Å². The molecule has 0 aliphatic rings. The molecule has 0 amide bonds. The fraction of sp³-hybridized carbons (Fsp3) is 0.778. The molecule has 2 N–H and O–H groups in total. The van der Waals surface area contributed by atoms with Gasteiger partial charge in [-0.2, -0.15) is 0 Å². The number of allylic oxidation sites excluding steroid dienone is 4. The van der Waals surface area contributed by atoms with Gasteiger partial charge in [0.15, 0.2) is 0 Å². The van der Waals surface area contributed by atoms with Crippen molar-refractivity contribution in [3.05, 3.63) is 24.3 Å². The van der Waals surface area contributed by atoms with Crippen molar-refractivity contribution in [1.82, 2.24) is 0 Å². The maximum Gasteiger partial charge on any atom is 0.00104 e. The number of nitrogens with two attached hydrogens (primary N) is 1. The third kappa shape index (κ3) is 17.4. The number of hydrogen-bond donors (Lipinski definition) is 1. The molecule has 112 valence electrons. The van der Waals surface area contributed by atoms with Gasteiger partial charge < -0.3 is 5.73 Å². The van der Waals surface area contributed by atoms with Gasteiger partial charge in [-0.1, -0.05) is 63.3 Å². The third-order valence-corrected chi connectivity index (χ3v) is 3.36. The quantitative estimate of drug-likeness (QED) is 0.332. The molecule has 0 rings (SSSR count). The summed E-state index contributed by atoms with van der Waals surface area (Å²) in [4.78, 5) is 0. The predicted octanol–water partition coefficient (Wildman–Crippen LogP) is 5.76. The van der Waals surface area contributed by atoms with E-state index in [1.165, 1.54) is 64.2 Å². The monoisotopic (exact) mass is 265 g/mol. The lowest BCUT2D eigenvalue weighted by molar-refractivity contribution is 0.568. The molecule has 0 aromatic rings. The molecule has 1 heteroatoms. The molecular formula is C18H35N. The van der Waals surface area contributed by atoms with E-state index in [1.807, 2.05) is 0 Å². The summed E-state index contributed by atoms with van der Waals surface area (Å²) in [5, 5.41) is 0. The van der Waals surface area contributed by atoms with Crippen molar-refractivity contribution in [2.75, 3.05) is 0 Å². The van der Waals surface area contributed by atoms with Gasteiger partial charge in [0.05, 0.1) is 0 Å². The largest absolute Gasteiger partial charge is 0.328 e. The zero-order valence-electron chi connectivity index (χ0n) is 13.2. The van der Waals surface area contributed by atoms with Crippen LogP contribution in [0.1, 0.15) is 84.5 Å². The van der Waals surface area contributed by atoms with Crippen LogP contribution >= 0.6 is 0 Å². The first kappa shape index (κ1) is 18.4. The van der Waals surface area contributed by atoms with Gasteiger partial charge in [0.25, 0.3) is 0 Å². The van der Waals surface area contributed by atoms with E-state index in [-0.39, 0.29) is 0 Å². The van der Waals surface area contributed by atoms with Crippen LogP contribution in [0.25, 0.3) is 0 Å². The van der Waals surface area contributed by atoms with E-state index in [9.17, 15) is 0 Å². The second kappa shape index (κ2) is 15.5. The van der Waals surface area contributed by atoms with Crippen LogP contribution in [0.3, 0.4) is 0 Å². The molecule has 0 aliphatic heterocycles. The van der Waals surface area contributed by atoms with E-state index < -0.39 is 0 Å². The minimum absolute atomic E-state index is 0.379. The molecule has 0 spiro atoms. The van der Waals surface area contributed by atoms with Crippen molar-refractivity contribution < 1.29 is 0 Å². The smallest absolute Gasteiger partial charge is 0.00104 e. The van der Waals surface area contributed by atoms with Gasteiger partial charge in [-0.3, -0.25) is 0 Å². The van der Waals surface area contributed by atoms with E-state index in [0.29, 0.717) is 6.04 Å². The van der Waals surface area contributed by atoms with Crippen molar-refractivity contribution in [3.63, 3.8) is 0 Å². The Balaban J connectivity index is 3.17. The number of hydrogen-bond acceptors (Lipinski definition) is 1. The summed E-state index contributed by atoms with van der Waals surface area (Å²) in [6.07, 6.45) is 23.4. The molecule has 0 aromatic carbocycles. The fourth-order valence-electron chi connectivity index (χ4n) is 2.10. The van der Waals surface area contributed by atoms with Crippen LogP contribution in [0.15, 0.2) is 24.3 Å². The maximum absolute atomic E-state index is 5.72. The molecule has 0 radical (unpaired) electrons. The summed E-state index contributed by atoms with van der Waals surface area (Å²) in [7, 11) is 0. The Labute approximate surface area is 121 Å². The average Bonchev–Trinajstić information content (AvgIpc) is 2.39. The van der Waals surface area contributed by atoms with Crippen molar-refractivity contribution in [2.24, 2.45) is 5.73 Å². The molecule has 0 saturated heterocycles. The summed E-state index contributed by atoms with van der Waals surface area (Å²) in [6, 6.07) is 0.379. The molecule has 1 unspecified atom stereocenters. The highest BCUT2D eigenvalue weighted by Gasteiger charge is 1.93. The van der Waals surface area contributed by atoms with Gasteiger partial charge >= 0.3 is 0 Å². The number of rotatable bonds is 13. The molecule has 0 bridgehead atoms. The summed E-state index contributed by atoms with van der Waals surface area (Å²) in [5.74, 6) is 0. The van der Waals surface area contributed by atoms with Gasteiger partial charge in [-0.05, 0) is 45.4 Å². The zero-order valence-corrected chi connectivity index (χ0v) is 13.2. The van der Waals surface area contributed by atoms with Gasteiger partial charge in [0.2, 0.25) is 0 Å². The van der Waals surface area contributed by atoms with Crippen LogP contribution in [0.5, 0.6) is 0 Å². The lowest BCUT2D eigenvalue weighted by atomic mass is 10.1. The second-order valence-electron chi connectivity index (χ2n) is 5.64. The Morgan fingerprint density at radius 3 is 1.95 bits per heavy atom. The Morgan fingerprint density at radius 2 is 1.37 bits per heavy atom. The van der Waals surface area contributed by atoms with Crippen molar-refractivity contribution in [3.8, 4) is 0 Å². The van der Waals surface area contributed by atoms with E-state index in [4.69, 9.17) is 5.73 Å². The first-order valence-corrected chi connectivity index (χ1v) is 8.33. The second-order valence-corrected chi connectivity index (χ2v) is 5.64. The highest BCUT2D eigenvalue weighted by atomic mass is 14.6. The summed E-state index contributed by atoms with van der Waals surface area (Å²) in [6.45, 7) is 4.35. The molecule has 0 aliphatic carbocycles. The SMILES string of the molecule is CCCCCC=CCC=CCCCCCCC(C)N. The van der Waals surface area contributed by atoms with E-state index in [1.54, 1.807) is 0 Å². The van der Waals surface area contributed by atoms with Gasteiger partial charge in [0.1, 0.15) is 0 Å². The lowest BCUT2D eigenvalue weighted by Gasteiger charge is -2.03. The molecule has 1 nitrogen and oxygen atoms in total. The highest BCUT2D eigenvalue weighted by molar-refractivity contribution is 4.92. The Kier molecular flexibility index (Phi) is 15.0. The van der Waals surface area contributed by atoms with Crippen molar-refractivity contribution >= 4 is 0 Å². The van der Waals surface area contributed by atoms with Crippen molar-refractivity contribution in [1.29, 1.82) is 0 Å². The standard InChI is InChI=1S/C18H35N/c1-3-4-5-6-7-8-9-10-11-12-13-14-15-16-17-18(2)19/h7-8,10-11,18H,3-6,9,12-17,19H2,1-2H3. The first-order valence-electron chi connectivity index (χ1n) is 8.33. The minimum Gasteiger partial charge on any atom is -0.328 e. The number of unbranched alkanes of at least 4 members (excludes halogenated alkanes) is 7. The molecule has 0 aromatic heterocycles. The highest BCUT2D eigenvalue weighted by Crippen LogP contribution is 2.07. The van der Waals surface area contributed by atoms with Crippen LogP contribution in [0.2, 0.25) is 0 Å². The summed E-state index contributed by atoms with van der Waals surface area (Å²) in [5.41, 5.74) is 5.72. The average molecular weight is 265 g/mol. The lowest BCUT2D eigenvalue weighted by Crippen LogP contribution is -2.13. The van der Waals surface area contributed by atoms with E-state index in [2.05, 4.69) is 38.2 Å². The Hall–Kier alpha value is -0.560. The van der Waals surface area contributed by atoms with Crippen LogP contribution in [0, 0.1) is 0 Å². The Morgan fingerprint density at radius 1 is 0.789 bits per heavy atom. The molecule has 0 fully saturated rings. The van der Waals surface area contributed by atoms with Crippen LogP contribution < -0.4 is 5.73 Å². The molecule has 19 heavy (non-hydrogen) atoms. The fourth-order valence-corrected chi connectivity index (χ4v) is 2.10. The molecular weight excluding hydrogens is 230 g/mol. The van der Waals surface area contributed by atoms with Crippen molar-refractivity contribution in [2.45, 2.75) is 90.5 Å². The summed E-state index contributed by atoms with van der Waals surface area (Å²) >= 11 is 0. The van der Waals surface area contributed by atoms with Crippen LogP contribution in [-0.4, -0.2) is 6.04 Å². The van der Waals surface area contributed by atoms with Crippen LogP contribution in [-0.2, 0) is 0 Å². The van der Waals surface area contributed by atoms with Gasteiger partial charge in [-0.25, -0.2) is 0 Å². The predicted molar refractivity (Wildman–Crippen MR) is 88.4 cm³/mol. The maximum atomic E-state index is 5.72. The zero-order chi connectivity index (χ0) is 14.2. The van der Waals surface area contributed by atoms with Crippen LogP contribution in [0.4, 0.5) is 0 Å². The minimum atomic E-state index is 0.379.